The van der Waals surface area contributed by atoms with Gasteiger partial charge in [-0.3, -0.25) is 9.10 Å². The topological polar surface area (TPSA) is 66.5 Å². The number of nitrogens with zero attached hydrogens (tertiary/aromatic N) is 1. The van der Waals surface area contributed by atoms with Crippen molar-refractivity contribution >= 4 is 43.7 Å². The number of amides is 1. The zero-order valence-corrected chi connectivity index (χ0v) is 20.1. The van der Waals surface area contributed by atoms with Crippen LogP contribution in [0.5, 0.6) is 0 Å². The molecule has 1 heterocycles. The number of nitrogens with one attached hydrogen (secondary N) is 1. The van der Waals surface area contributed by atoms with Gasteiger partial charge in [-0.05, 0) is 54.0 Å². The molecule has 0 bridgehead atoms. The van der Waals surface area contributed by atoms with Crippen LogP contribution in [0.3, 0.4) is 0 Å². The first-order chi connectivity index (χ1) is 17.0. The Bertz CT molecular complexity index is 1630. The van der Waals surface area contributed by atoms with Crippen molar-refractivity contribution in [1.82, 2.24) is 0 Å². The molecule has 6 heteroatoms. The Morgan fingerprint density at radius 3 is 2.34 bits per heavy atom. The number of anilines is 2. The van der Waals surface area contributed by atoms with E-state index in [1.54, 1.807) is 13.0 Å². The molecule has 35 heavy (non-hydrogen) atoms. The molecule has 5 nitrogen and oxygen atoms in total. The summed E-state index contributed by atoms with van der Waals surface area (Å²) in [6.45, 7) is 2.00. The molecule has 2 aliphatic rings. The summed E-state index contributed by atoms with van der Waals surface area (Å²) in [7, 11) is -4.10. The number of hydrogen-bond donors (Lipinski definition) is 1. The lowest BCUT2D eigenvalue weighted by Crippen LogP contribution is -2.39. The fourth-order valence-electron chi connectivity index (χ4n) is 5.39. The van der Waals surface area contributed by atoms with E-state index in [2.05, 4.69) is 11.4 Å². The van der Waals surface area contributed by atoms with Gasteiger partial charge >= 0.3 is 0 Å². The predicted octanol–water partition coefficient (Wildman–Crippen LogP) is 5.51. The molecule has 6 rings (SSSR count). The second kappa shape index (κ2) is 8.10. The summed E-state index contributed by atoms with van der Waals surface area (Å²) in [6.07, 6.45) is 1.95. The van der Waals surface area contributed by atoms with Crippen LogP contribution in [-0.2, 0) is 27.7 Å². The molecule has 0 spiro atoms. The number of para-hydroxylation sites is 1. The summed E-state index contributed by atoms with van der Waals surface area (Å²) in [5.74, 6) is -0.629. The van der Waals surface area contributed by atoms with Gasteiger partial charge in [0.2, 0.25) is 0 Å². The van der Waals surface area contributed by atoms with Crippen LogP contribution in [0.1, 0.15) is 29.2 Å². The van der Waals surface area contributed by atoms with Gasteiger partial charge in [0, 0.05) is 28.8 Å². The van der Waals surface area contributed by atoms with Crippen molar-refractivity contribution in [2.75, 3.05) is 16.2 Å². The van der Waals surface area contributed by atoms with Crippen LogP contribution in [0.25, 0.3) is 16.3 Å². The molecule has 4 aromatic rings. The predicted molar refractivity (Wildman–Crippen MR) is 141 cm³/mol. The Morgan fingerprint density at radius 2 is 1.57 bits per heavy atom. The number of fused-ring (bicyclic) bond motifs is 1. The average molecular weight is 481 g/mol. The first-order valence-electron chi connectivity index (χ1n) is 11.8. The van der Waals surface area contributed by atoms with E-state index in [1.165, 1.54) is 15.4 Å². The van der Waals surface area contributed by atoms with Crippen molar-refractivity contribution in [1.29, 1.82) is 0 Å². The van der Waals surface area contributed by atoms with Gasteiger partial charge in [0.1, 0.15) is 0 Å². The Balaban J connectivity index is 1.57. The molecular formula is C29H24N2O3S. The average Bonchev–Trinajstić information content (AvgIpc) is 3.29. The number of rotatable bonds is 4. The summed E-state index contributed by atoms with van der Waals surface area (Å²) < 4.78 is 29.1. The van der Waals surface area contributed by atoms with Crippen molar-refractivity contribution in [2.45, 2.75) is 19.8 Å². The summed E-state index contributed by atoms with van der Waals surface area (Å²) in [5.41, 5.74) is 5.55. The number of hydrogen-bond acceptors (Lipinski definition) is 3. The molecule has 0 fully saturated rings. The molecule has 0 unspecified atom stereocenters. The van der Waals surface area contributed by atoms with E-state index in [-0.39, 0.29) is 11.4 Å². The Morgan fingerprint density at radius 1 is 0.857 bits per heavy atom. The van der Waals surface area contributed by atoms with Crippen molar-refractivity contribution in [3.8, 4) is 0 Å². The normalized spacial score (nSPS) is 15.9. The van der Waals surface area contributed by atoms with Crippen molar-refractivity contribution in [3.63, 3.8) is 0 Å². The maximum absolute atomic E-state index is 13.9. The fourth-order valence-corrected chi connectivity index (χ4v) is 7.14. The van der Waals surface area contributed by atoms with Gasteiger partial charge in [-0.15, -0.1) is 0 Å². The number of carbonyl (C=O) groups is 1. The maximum atomic E-state index is 13.9. The molecule has 0 saturated heterocycles. The molecule has 1 aliphatic heterocycles. The molecule has 4 aromatic carbocycles. The highest BCUT2D eigenvalue weighted by molar-refractivity contribution is 7.97. The molecule has 174 valence electrons. The SMILES string of the molecule is CCN1c2ccccc2C(c2ccccc2)=C(C(=O)Nc2ccc3c4c(cccc24)CC3)S1(=O)=O. The third kappa shape index (κ3) is 3.28. The Labute approximate surface area is 204 Å². The molecule has 0 aromatic heterocycles. The van der Waals surface area contributed by atoms with E-state index in [0.29, 0.717) is 22.5 Å². The zero-order valence-electron chi connectivity index (χ0n) is 19.3. The van der Waals surface area contributed by atoms with Crippen LogP contribution < -0.4 is 9.62 Å². The minimum atomic E-state index is -4.10. The first-order valence-corrected chi connectivity index (χ1v) is 13.2. The van der Waals surface area contributed by atoms with Gasteiger partial charge in [0.25, 0.3) is 15.9 Å². The lowest BCUT2D eigenvalue weighted by Gasteiger charge is -2.32. The monoisotopic (exact) mass is 480 g/mol. The maximum Gasteiger partial charge on any atom is 0.270 e. The number of aryl methyl sites for hydroxylation is 2. The van der Waals surface area contributed by atoms with Gasteiger partial charge < -0.3 is 5.32 Å². The second-order valence-corrected chi connectivity index (χ2v) is 10.6. The number of benzene rings is 4. The molecule has 0 atom stereocenters. The lowest BCUT2D eigenvalue weighted by atomic mass is 9.95. The van der Waals surface area contributed by atoms with Crippen molar-refractivity contribution in [3.05, 3.63) is 112 Å². The summed E-state index contributed by atoms with van der Waals surface area (Å²) in [4.78, 5) is 13.7. The van der Waals surface area contributed by atoms with Crippen molar-refractivity contribution in [2.24, 2.45) is 0 Å². The molecule has 1 amide bonds. The van der Waals surface area contributed by atoms with Gasteiger partial charge in [-0.1, -0.05) is 72.8 Å². The van der Waals surface area contributed by atoms with Crippen LogP contribution in [0, 0.1) is 0 Å². The van der Waals surface area contributed by atoms with Crippen LogP contribution in [0.15, 0.2) is 89.8 Å². The third-order valence-electron chi connectivity index (χ3n) is 6.90. The molecule has 0 saturated carbocycles. The highest BCUT2D eigenvalue weighted by Gasteiger charge is 2.40. The molecular weight excluding hydrogens is 456 g/mol. The van der Waals surface area contributed by atoms with Crippen molar-refractivity contribution < 1.29 is 13.2 Å². The minimum Gasteiger partial charge on any atom is -0.321 e. The quantitative estimate of drug-likeness (QED) is 0.419. The van der Waals surface area contributed by atoms with E-state index >= 15 is 0 Å². The van der Waals surface area contributed by atoms with Crippen LogP contribution >= 0.6 is 0 Å². The zero-order chi connectivity index (χ0) is 24.2. The largest absolute Gasteiger partial charge is 0.321 e. The van der Waals surface area contributed by atoms with E-state index < -0.39 is 15.9 Å². The Hall–Kier alpha value is -3.90. The highest BCUT2D eigenvalue weighted by atomic mass is 32.2. The number of sulfonamides is 1. The minimum absolute atomic E-state index is 0.221. The van der Waals surface area contributed by atoms with E-state index in [0.717, 1.165) is 29.2 Å². The fraction of sp³-hybridized carbons (Fsp3) is 0.138. The van der Waals surface area contributed by atoms with Gasteiger partial charge in [0.05, 0.1) is 5.69 Å². The highest BCUT2D eigenvalue weighted by Crippen LogP contribution is 2.43. The van der Waals surface area contributed by atoms with Crippen LogP contribution in [0.4, 0.5) is 11.4 Å². The summed E-state index contributed by atoms with van der Waals surface area (Å²) >= 11 is 0. The van der Waals surface area contributed by atoms with Gasteiger partial charge in [0.15, 0.2) is 4.91 Å². The molecule has 1 aliphatic carbocycles. The van der Waals surface area contributed by atoms with Crippen LogP contribution in [-0.4, -0.2) is 20.9 Å². The number of carbonyl (C=O) groups excluding carboxylic acids is 1. The summed E-state index contributed by atoms with van der Waals surface area (Å²) in [6, 6.07) is 26.6. The smallest absolute Gasteiger partial charge is 0.270 e. The molecule has 0 radical (unpaired) electrons. The lowest BCUT2D eigenvalue weighted by molar-refractivity contribution is -0.112. The summed E-state index contributed by atoms with van der Waals surface area (Å²) in [5, 5.41) is 5.07. The Kier molecular flexibility index (Phi) is 5.00. The van der Waals surface area contributed by atoms with E-state index in [4.69, 9.17) is 0 Å². The van der Waals surface area contributed by atoms with E-state index in [1.807, 2.05) is 72.8 Å². The first kappa shape index (κ1) is 21.6. The van der Waals surface area contributed by atoms with E-state index in [9.17, 15) is 13.2 Å². The molecule has 1 N–H and O–H groups in total. The third-order valence-corrected chi connectivity index (χ3v) is 8.84. The second-order valence-electron chi connectivity index (χ2n) is 8.82. The van der Waals surface area contributed by atoms with Gasteiger partial charge in [-0.25, -0.2) is 8.42 Å². The van der Waals surface area contributed by atoms with Crippen LogP contribution in [0.2, 0.25) is 0 Å². The standard InChI is InChI=1S/C29H24N2O3S/c1-2-31-25-14-7-6-12-23(25)27(19-9-4-3-5-10-19)28(35(31,33)34)29(32)30-24-18-17-21-16-15-20-11-8-13-22(24)26(20)21/h3-14,17-18H,2,15-16H2,1H3,(H,30,32). The van der Waals surface area contributed by atoms with Gasteiger partial charge in [-0.2, -0.15) is 0 Å².